The average Bonchev–Trinajstić information content (AvgIpc) is 2.69. The van der Waals surface area contributed by atoms with Gasteiger partial charge >= 0.3 is 0 Å². The van der Waals surface area contributed by atoms with Crippen molar-refractivity contribution in [2.45, 2.75) is 0 Å². The molecule has 1 aliphatic heterocycles. The van der Waals surface area contributed by atoms with E-state index in [0.29, 0.717) is 0 Å². The standard InChI is InChI=1S/C11H10ClIN2OS/c12-9-5-7-8(15-1-3-16-4-2-15)6-10(13)14-11(7)17-9/h5-6H,1-4H2. The first-order chi connectivity index (χ1) is 8.24. The maximum absolute atomic E-state index is 6.08. The van der Waals surface area contributed by atoms with Gasteiger partial charge in [-0.25, -0.2) is 4.98 Å². The van der Waals surface area contributed by atoms with Crippen molar-refractivity contribution in [1.82, 2.24) is 4.98 Å². The molecule has 0 aromatic carbocycles. The molecular weight excluding hydrogens is 371 g/mol. The van der Waals surface area contributed by atoms with E-state index >= 15 is 0 Å². The summed E-state index contributed by atoms with van der Waals surface area (Å²) in [5, 5.41) is 1.15. The van der Waals surface area contributed by atoms with Crippen molar-refractivity contribution in [3.05, 3.63) is 20.2 Å². The largest absolute Gasteiger partial charge is 0.378 e. The molecule has 1 saturated heterocycles. The van der Waals surface area contributed by atoms with E-state index in [-0.39, 0.29) is 0 Å². The summed E-state index contributed by atoms with van der Waals surface area (Å²) >= 11 is 9.87. The molecule has 0 N–H and O–H groups in total. The number of pyridine rings is 1. The van der Waals surface area contributed by atoms with E-state index < -0.39 is 0 Å². The minimum Gasteiger partial charge on any atom is -0.378 e. The quantitative estimate of drug-likeness (QED) is 0.560. The Balaban J connectivity index is 2.12. The Bertz CT molecular complexity index is 554. The number of nitrogens with zero attached hydrogens (tertiary/aromatic N) is 2. The van der Waals surface area contributed by atoms with Crippen LogP contribution in [0.4, 0.5) is 5.69 Å². The van der Waals surface area contributed by atoms with Crippen molar-refractivity contribution < 1.29 is 4.74 Å². The van der Waals surface area contributed by atoms with Crippen LogP contribution in [0.15, 0.2) is 12.1 Å². The first-order valence-corrected chi connectivity index (χ1v) is 7.59. The molecule has 0 atom stereocenters. The van der Waals surface area contributed by atoms with E-state index in [9.17, 15) is 0 Å². The van der Waals surface area contributed by atoms with Gasteiger partial charge in [0.25, 0.3) is 0 Å². The molecule has 3 nitrogen and oxygen atoms in total. The summed E-state index contributed by atoms with van der Waals surface area (Å²) in [6, 6.07) is 4.13. The highest BCUT2D eigenvalue weighted by atomic mass is 127. The Morgan fingerprint density at radius 2 is 2.12 bits per heavy atom. The van der Waals surface area contributed by atoms with E-state index in [1.54, 1.807) is 0 Å². The Hall–Kier alpha value is -0.110. The van der Waals surface area contributed by atoms with Crippen LogP contribution in [0.1, 0.15) is 0 Å². The minimum absolute atomic E-state index is 0.790. The van der Waals surface area contributed by atoms with Gasteiger partial charge in [-0.2, -0.15) is 0 Å². The fourth-order valence-corrected chi connectivity index (χ4v) is 3.81. The molecule has 0 aliphatic carbocycles. The second-order valence-electron chi connectivity index (χ2n) is 3.83. The van der Waals surface area contributed by atoms with Gasteiger partial charge in [-0.15, -0.1) is 11.3 Å². The summed E-state index contributed by atoms with van der Waals surface area (Å²) in [6.07, 6.45) is 0. The Morgan fingerprint density at radius 3 is 2.88 bits per heavy atom. The predicted molar refractivity (Wildman–Crippen MR) is 80.4 cm³/mol. The summed E-state index contributed by atoms with van der Waals surface area (Å²) < 4.78 is 7.19. The Labute approximate surface area is 122 Å². The number of ether oxygens (including phenoxy) is 1. The van der Waals surface area contributed by atoms with Crippen molar-refractivity contribution in [2.75, 3.05) is 31.2 Å². The normalized spacial score (nSPS) is 16.7. The van der Waals surface area contributed by atoms with Crippen molar-refractivity contribution in [3.63, 3.8) is 0 Å². The summed E-state index contributed by atoms with van der Waals surface area (Å²) in [4.78, 5) is 7.88. The minimum atomic E-state index is 0.790. The number of rotatable bonds is 1. The molecular formula is C11H10ClIN2OS. The fourth-order valence-electron chi connectivity index (χ4n) is 2.00. The first kappa shape index (κ1) is 12.0. The maximum Gasteiger partial charge on any atom is 0.128 e. The van der Waals surface area contributed by atoms with Crippen molar-refractivity contribution in [3.8, 4) is 0 Å². The SMILES string of the molecule is Clc1cc2c(N3CCOCC3)cc(I)nc2s1. The van der Waals surface area contributed by atoms with Crippen LogP contribution in [0.5, 0.6) is 0 Å². The van der Waals surface area contributed by atoms with Crippen LogP contribution in [0, 0.1) is 3.70 Å². The second kappa shape index (κ2) is 4.87. The van der Waals surface area contributed by atoms with E-state index in [4.69, 9.17) is 16.3 Å². The molecule has 0 amide bonds. The zero-order valence-electron chi connectivity index (χ0n) is 8.95. The number of morpholine rings is 1. The van der Waals surface area contributed by atoms with E-state index in [1.165, 1.54) is 17.0 Å². The molecule has 2 aromatic heterocycles. The van der Waals surface area contributed by atoms with Crippen LogP contribution in [-0.4, -0.2) is 31.3 Å². The lowest BCUT2D eigenvalue weighted by Crippen LogP contribution is -2.36. The van der Waals surface area contributed by atoms with Gasteiger partial charge in [0.05, 0.1) is 17.6 Å². The average molecular weight is 381 g/mol. The van der Waals surface area contributed by atoms with Crippen LogP contribution >= 0.6 is 45.5 Å². The Morgan fingerprint density at radius 1 is 1.35 bits per heavy atom. The van der Waals surface area contributed by atoms with Crippen LogP contribution in [0.2, 0.25) is 4.34 Å². The van der Waals surface area contributed by atoms with E-state index in [0.717, 1.165) is 44.6 Å². The molecule has 2 aromatic rings. The smallest absolute Gasteiger partial charge is 0.128 e. The lowest BCUT2D eigenvalue weighted by Gasteiger charge is -2.29. The predicted octanol–water partition coefficient (Wildman–Crippen LogP) is 3.39. The third kappa shape index (κ3) is 2.38. The van der Waals surface area contributed by atoms with Crippen LogP contribution in [0.3, 0.4) is 0 Å². The van der Waals surface area contributed by atoms with Gasteiger partial charge in [-0.1, -0.05) is 11.6 Å². The van der Waals surface area contributed by atoms with Crippen molar-refractivity contribution >= 4 is 61.4 Å². The number of halogens is 2. The highest BCUT2D eigenvalue weighted by Gasteiger charge is 2.16. The first-order valence-electron chi connectivity index (χ1n) is 5.32. The third-order valence-electron chi connectivity index (χ3n) is 2.77. The van der Waals surface area contributed by atoms with E-state index in [1.807, 2.05) is 6.07 Å². The van der Waals surface area contributed by atoms with Gasteiger partial charge in [-0.05, 0) is 34.7 Å². The summed E-state index contributed by atoms with van der Waals surface area (Å²) in [7, 11) is 0. The molecule has 1 aliphatic rings. The zero-order chi connectivity index (χ0) is 11.8. The number of hydrogen-bond donors (Lipinski definition) is 0. The van der Waals surface area contributed by atoms with Crippen molar-refractivity contribution in [1.29, 1.82) is 0 Å². The number of thiophene rings is 1. The Kier molecular flexibility index (Phi) is 3.43. The number of hydrogen-bond acceptors (Lipinski definition) is 4. The van der Waals surface area contributed by atoms with Crippen LogP contribution in [0.25, 0.3) is 10.2 Å². The lowest BCUT2D eigenvalue weighted by molar-refractivity contribution is 0.123. The van der Waals surface area contributed by atoms with Crippen LogP contribution < -0.4 is 4.90 Å². The maximum atomic E-state index is 6.08. The molecule has 0 unspecified atom stereocenters. The second-order valence-corrected chi connectivity index (χ2v) is 6.60. The topological polar surface area (TPSA) is 25.4 Å². The summed E-state index contributed by atoms with van der Waals surface area (Å²) in [5.74, 6) is 0. The fraction of sp³-hybridized carbons (Fsp3) is 0.364. The van der Waals surface area contributed by atoms with E-state index in [2.05, 4.69) is 38.5 Å². The van der Waals surface area contributed by atoms with Crippen LogP contribution in [-0.2, 0) is 4.74 Å². The van der Waals surface area contributed by atoms with Crippen molar-refractivity contribution in [2.24, 2.45) is 0 Å². The third-order valence-corrected chi connectivity index (χ3v) is 4.48. The van der Waals surface area contributed by atoms with Gasteiger partial charge < -0.3 is 9.64 Å². The molecule has 3 rings (SSSR count). The molecule has 17 heavy (non-hydrogen) atoms. The highest BCUT2D eigenvalue weighted by molar-refractivity contribution is 14.1. The zero-order valence-corrected chi connectivity index (χ0v) is 12.7. The number of anilines is 1. The number of aromatic nitrogens is 1. The molecule has 6 heteroatoms. The molecule has 90 valence electrons. The molecule has 3 heterocycles. The summed E-state index contributed by atoms with van der Waals surface area (Å²) in [6.45, 7) is 3.45. The van der Waals surface area contributed by atoms with Gasteiger partial charge in [0.15, 0.2) is 0 Å². The molecule has 1 fully saturated rings. The highest BCUT2D eigenvalue weighted by Crippen LogP contribution is 2.35. The monoisotopic (exact) mass is 380 g/mol. The van der Waals surface area contributed by atoms with Gasteiger partial charge in [0, 0.05) is 24.2 Å². The van der Waals surface area contributed by atoms with Gasteiger partial charge in [0.2, 0.25) is 0 Å². The molecule has 0 bridgehead atoms. The lowest BCUT2D eigenvalue weighted by atomic mass is 10.2. The van der Waals surface area contributed by atoms with Gasteiger partial charge in [0.1, 0.15) is 8.53 Å². The van der Waals surface area contributed by atoms with Gasteiger partial charge in [-0.3, -0.25) is 0 Å². The molecule has 0 spiro atoms. The molecule has 0 radical (unpaired) electrons. The summed E-state index contributed by atoms with van der Waals surface area (Å²) in [5.41, 5.74) is 1.23. The number of fused-ring (bicyclic) bond motifs is 1. The molecule has 0 saturated carbocycles.